The second kappa shape index (κ2) is 4.27. The first-order valence-electron chi connectivity index (χ1n) is 7.30. The standard InChI is InChI=1S/C14H24N2O/c1-2-12-14(7-3-9-15-12)8-6-13(17)16(14)10-11-4-5-11/h11-12,15H,2-10H2,1H3/t12-,14+/m1/s1. The van der Waals surface area contributed by atoms with Gasteiger partial charge in [-0.15, -0.1) is 0 Å². The third-order valence-electron chi connectivity index (χ3n) is 4.98. The third-order valence-corrected chi connectivity index (χ3v) is 4.98. The van der Waals surface area contributed by atoms with E-state index in [4.69, 9.17) is 0 Å². The highest BCUT2D eigenvalue weighted by molar-refractivity contribution is 5.80. The van der Waals surface area contributed by atoms with Gasteiger partial charge in [-0.1, -0.05) is 6.92 Å². The van der Waals surface area contributed by atoms with Gasteiger partial charge in [0, 0.05) is 19.0 Å². The molecule has 17 heavy (non-hydrogen) atoms. The van der Waals surface area contributed by atoms with E-state index < -0.39 is 0 Å². The van der Waals surface area contributed by atoms with E-state index in [-0.39, 0.29) is 5.54 Å². The van der Waals surface area contributed by atoms with Crippen molar-refractivity contribution in [3.05, 3.63) is 0 Å². The number of rotatable bonds is 3. The number of nitrogens with zero attached hydrogens (tertiary/aromatic N) is 1. The molecule has 3 fully saturated rings. The van der Waals surface area contributed by atoms with Crippen LogP contribution in [-0.4, -0.2) is 35.5 Å². The Labute approximate surface area is 104 Å². The van der Waals surface area contributed by atoms with Gasteiger partial charge in [0.05, 0.1) is 5.54 Å². The Morgan fingerprint density at radius 1 is 1.41 bits per heavy atom. The summed E-state index contributed by atoms with van der Waals surface area (Å²) in [5.41, 5.74) is 0.173. The van der Waals surface area contributed by atoms with E-state index in [9.17, 15) is 4.79 Å². The molecule has 0 aromatic heterocycles. The fourth-order valence-electron chi connectivity index (χ4n) is 3.87. The molecule has 3 aliphatic rings. The maximum atomic E-state index is 12.2. The van der Waals surface area contributed by atoms with E-state index in [1.807, 2.05) is 0 Å². The lowest BCUT2D eigenvalue weighted by Crippen LogP contribution is -2.62. The van der Waals surface area contributed by atoms with Crippen LogP contribution in [0.5, 0.6) is 0 Å². The molecule has 1 saturated carbocycles. The molecule has 1 amide bonds. The smallest absolute Gasteiger partial charge is 0.223 e. The minimum absolute atomic E-state index is 0.173. The van der Waals surface area contributed by atoms with E-state index in [0.717, 1.165) is 38.3 Å². The van der Waals surface area contributed by atoms with E-state index in [0.29, 0.717) is 11.9 Å². The molecular formula is C14H24N2O. The SMILES string of the molecule is CC[C@H]1NCCC[C@]12CCC(=O)N2CC1CC1. The highest BCUT2D eigenvalue weighted by atomic mass is 16.2. The van der Waals surface area contributed by atoms with Gasteiger partial charge in [-0.25, -0.2) is 0 Å². The van der Waals surface area contributed by atoms with Crippen molar-refractivity contribution in [2.45, 2.75) is 63.5 Å². The summed E-state index contributed by atoms with van der Waals surface area (Å²) in [7, 11) is 0. The molecule has 2 aliphatic heterocycles. The molecule has 2 atom stereocenters. The quantitative estimate of drug-likeness (QED) is 0.812. The van der Waals surface area contributed by atoms with Crippen LogP contribution in [0.1, 0.15) is 51.9 Å². The normalized spacial score (nSPS) is 38.1. The van der Waals surface area contributed by atoms with Crippen molar-refractivity contribution < 1.29 is 4.79 Å². The van der Waals surface area contributed by atoms with Crippen molar-refractivity contribution >= 4 is 5.91 Å². The molecule has 1 aliphatic carbocycles. The fraction of sp³-hybridized carbons (Fsp3) is 0.929. The monoisotopic (exact) mass is 236 g/mol. The summed E-state index contributed by atoms with van der Waals surface area (Å²) in [4.78, 5) is 14.4. The lowest BCUT2D eigenvalue weighted by atomic mass is 9.78. The first-order valence-corrected chi connectivity index (χ1v) is 7.30. The molecule has 0 unspecified atom stereocenters. The Balaban J connectivity index is 1.83. The van der Waals surface area contributed by atoms with Crippen LogP contribution in [0.4, 0.5) is 0 Å². The largest absolute Gasteiger partial charge is 0.335 e. The number of likely N-dealkylation sites (tertiary alicyclic amines) is 1. The van der Waals surface area contributed by atoms with Crippen LogP contribution in [-0.2, 0) is 4.79 Å². The molecule has 0 aromatic rings. The zero-order valence-corrected chi connectivity index (χ0v) is 10.9. The van der Waals surface area contributed by atoms with Crippen molar-refractivity contribution in [1.82, 2.24) is 10.2 Å². The Bertz CT molecular complexity index is 313. The average molecular weight is 236 g/mol. The maximum absolute atomic E-state index is 12.2. The van der Waals surface area contributed by atoms with Crippen molar-refractivity contribution in [2.75, 3.05) is 13.1 Å². The molecule has 1 spiro atoms. The number of carbonyl (C=O) groups excluding carboxylic acids is 1. The Hall–Kier alpha value is -0.570. The van der Waals surface area contributed by atoms with E-state index in [1.54, 1.807) is 0 Å². The number of hydrogen-bond acceptors (Lipinski definition) is 2. The number of nitrogens with one attached hydrogen (secondary N) is 1. The second-order valence-corrected chi connectivity index (χ2v) is 6.07. The van der Waals surface area contributed by atoms with E-state index in [2.05, 4.69) is 17.1 Å². The summed E-state index contributed by atoms with van der Waals surface area (Å²) in [6, 6.07) is 0.529. The summed E-state index contributed by atoms with van der Waals surface area (Å²) in [6.07, 6.45) is 8.14. The predicted octanol–water partition coefficient (Wildman–Crippen LogP) is 1.92. The van der Waals surface area contributed by atoms with Crippen LogP contribution >= 0.6 is 0 Å². The van der Waals surface area contributed by atoms with Gasteiger partial charge >= 0.3 is 0 Å². The lowest BCUT2D eigenvalue weighted by molar-refractivity contribution is -0.133. The van der Waals surface area contributed by atoms with Gasteiger partial charge in [0.2, 0.25) is 5.91 Å². The van der Waals surface area contributed by atoms with Gasteiger partial charge in [-0.3, -0.25) is 4.79 Å². The van der Waals surface area contributed by atoms with Crippen molar-refractivity contribution in [3.63, 3.8) is 0 Å². The number of piperidine rings is 1. The Kier molecular flexibility index (Phi) is 2.89. The van der Waals surface area contributed by atoms with E-state index in [1.165, 1.54) is 25.7 Å². The highest BCUT2D eigenvalue weighted by Gasteiger charge is 2.51. The molecule has 2 saturated heterocycles. The summed E-state index contributed by atoms with van der Waals surface area (Å²) < 4.78 is 0. The zero-order valence-electron chi connectivity index (χ0n) is 10.9. The summed E-state index contributed by atoms with van der Waals surface area (Å²) >= 11 is 0. The molecule has 96 valence electrons. The molecule has 0 aromatic carbocycles. The van der Waals surface area contributed by atoms with E-state index >= 15 is 0 Å². The molecular weight excluding hydrogens is 212 g/mol. The number of carbonyl (C=O) groups is 1. The zero-order chi connectivity index (χ0) is 11.9. The molecule has 0 bridgehead atoms. The molecule has 3 rings (SSSR count). The third kappa shape index (κ3) is 1.88. The van der Waals surface area contributed by atoms with Gasteiger partial charge in [-0.05, 0) is 51.0 Å². The Morgan fingerprint density at radius 2 is 2.24 bits per heavy atom. The van der Waals surface area contributed by atoms with Gasteiger partial charge in [0.25, 0.3) is 0 Å². The van der Waals surface area contributed by atoms with Crippen LogP contribution in [0.3, 0.4) is 0 Å². The van der Waals surface area contributed by atoms with Crippen molar-refractivity contribution in [2.24, 2.45) is 5.92 Å². The minimum Gasteiger partial charge on any atom is -0.335 e. The van der Waals surface area contributed by atoms with Gasteiger partial charge in [-0.2, -0.15) is 0 Å². The molecule has 1 N–H and O–H groups in total. The summed E-state index contributed by atoms with van der Waals surface area (Å²) in [5.74, 6) is 1.23. The van der Waals surface area contributed by atoms with Crippen LogP contribution < -0.4 is 5.32 Å². The minimum atomic E-state index is 0.173. The fourth-order valence-corrected chi connectivity index (χ4v) is 3.87. The molecule has 0 radical (unpaired) electrons. The lowest BCUT2D eigenvalue weighted by Gasteiger charge is -2.48. The number of hydrogen-bond donors (Lipinski definition) is 1. The summed E-state index contributed by atoms with van der Waals surface area (Å²) in [6.45, 7) is 4.42. The molecule has 2 heterocycles. The predicted molar refractivity (Wildman–Crippen MR) is 67.7 cm³/mol. The number of amides is 1. The van der Waals surface area contributed by atoms with Crippen LogP contribution in [0, 0.1) is 5.92 Å². The van der Waals surface area contributed by atoms with Crippen LogP contribution in [0.15, 0.2) is 0 Å². The van der Waals surface area contributed by atoms with Crippen molar-refractivity contribution in [1.29, 1.82) is 0 Å². The van der Waals surface area contributed by atoms with Crippen molar-refractivity contribution in [3.8, 4) is 0 Å². The molecule has 3 heteroatoms. The molecule has 3 nitrogen and oxygen atoms in total. The first-order chi connectivity index (χ1) is 8.26. The van der Waals surface area contributed by atoms with Gasteiger partial charge in [0.1, 0.15) is 0 Å². The van der Waals surface area contributed by atoms with Gasteiger partial charge < -0.3 is 10.2 Å². The topological polar surface area (TPSA) is 32.3 Å². The average Bonchev–Trinajstić information content (AvgIpc) is 3.12. The maximum Gasteiger partial charge on any atom is 0.223 e. The first kappa shape index (κ1) is 11.5. The highest BCUT2D eigenvalue weighted by Crippen LogP contribution is 2.43. The van der Waals surface area contributed by atoms with Crippen LogP contribution in [0.2, 0.25) is 0 Å². The van der Waals surface area contributed by atoms with Crippen LogP contribution in [0.25, 0.3) is 0 Å². The van der Waals surface area contributed by atoms with Gasteiger partial charge in [0.15, 0.2) is 0 Å². The summed E-state index contributed by atoms with van der Waals surface area (Å²) in [5, 5.41) is 3.65. The second-order valence-electron chi connectivity index (χ2n) is 6.07. The Morgan fingerprint density at radius 3 is 2.94 bits per heavy atom.